The molecule has 0 bridgehead atoms. The van der Waals surface area contributed by atoms with Crippen molar-refractivity contribution in [3.05, 3.63) is 35.4 Å². The zero-order valence-corrected chi connectivity index (χ0v) is 11.0. The van der Waals surface area contributed by atoms with Crippen LogP contribution in [0.5, 0.6) is 0 Å². The monoisotopic (exact) mass is 236 g/mol. The highest BCUT2D eigenvalue weighted by atomic mass is 16.1. The number of aryl methyl sites for hydroxylation is 1. The second-order valence-electron chi connectivity index (χ2n) is 4.15. The maximum Gasteiger partial charge on any atom is 0.251 e. The third kappa shape index (κ3) is 4.57. The van der Waals surface area contributed by atoms with Crippen LogP contribution in [0.2, 0.25) is 0 Å². The molecule has 1 N–H and O–H groups in total. The highest BCUT2D eigenvalue weighted by molar-refractivity contribution is 5.94. The predicted molar refractivity (Wildman–Crippen MR) is 73.4 cm³/mol. The Bertz CT molecular complexity index is 365. The molecule has 1 aromatic rings. The van der Waals surface area contributed by atoms with E-state index in [1.807, 2.05) is 31.2 Å². The van der Waals surface area contributed by atoms with Gasteiger partial charge in [-0.3, -0.25) is 4.79 Å². The Morgan fingerprint density at radius 1 is 1.35 bits per heavy atom. The minimum Gasteiger partial charge on any atom is -0.351 e. The minimum atomic E-state index is 0. The van der Waals surface area contributed by atoms with Crippen molar-refractivity contribution >= 4 is 5.91 Å². The van der Waals surface area contributed by atoms with Crippen molar-refractivity contribution in [2.75, 3.05) is 26.2 Å². The van der Waals surface area contributed by atoms with Crippen LogP contribution in [0.3, 0.4) is 0 Å². The van der Waals surface area contributed by atoms with E-state index in [-0.39, 0.29) is 7.33 Å². The van der Waals surface area contributed by atoms with Gasteiger partial charge in [-0.05, 0) is 32.1 Å². The fraction of sp³-hybridized carbons (Fsp3) is 0.500. The summed E-state index contributed by atoms with van der Waals surface area (Å²) in [5, 5.41) is 2.94. The lowest BCUT2D eigenvalue weighted by Crippen LogP contribution is -2.34. The third-order valence-electron chi connectivity index (χ3n) is 2.89. The molecule has 0 atom stereocenters. The van der Waals surface area contributed by atoms with Crippen LogP contribution in [-0.4, -0.2) is 37.0 Å². The summed E-state index contributed by atoms with van der Waals surface area (Å²) in [5.74, 6) is 0.0147. The molecule has 96 valence electrons. The van der Waals surface area contributed by atoms with E-state index in [1.54, 1.807) is 0 Å². The van der Waals surface area contributed by atoms with Gasteiger partial charge in [0.2, 0.25) is 0 Å². The van der Waals surface area contributed by atoms with Crippen molar-refractivity contribution in [1.82, 2.24) is 10.2 Å². The van der Waals surface area contributed by atoms with Gasteiger partial charge < -0.3 is 10.2 Å². The first-order valence-electron chi connectivity index (χ1n) is 6.24. The second-order valence-corrected chi connectivity index (χ2v) is 4.15. The maximum absolute atomic E-state index is 11.8. The molecule has 0 saturated carbocycles. The molecule has 0 unspecified atom stereocenters. The molecule has 1 aromatic carbocycles. The summed E-state index contributed by atoms with van der Waals surface area (Å²) < 4.78 is 0. The van der Waals surface area contributed by atoms with E-state index >= 15 is 0 Å². The first kappa shape index (κ1) is 13.7. The van der Waals surface area contributed by atoms with Crippen LogP contribution in [0.25, 0.3) is 0 Å². The summed E-state index contributed by atoms with van der Waals surface area (Å²) in [4.78, 5) is 14.1. The maximum atomic E-state index is 11.8. The molecule has 3 heteroatoms. The van der Waals surface area contributed by atoms with Gasteiger partial charge in [0.05, 0.1) is 0 Å². The average molecular weight is 236 g/mol. The highest BCUT2D eigenvalue weighted by Crippen LogP contribution is 2.03. The summed E-state index contributed by atoms with van der Waals surface area (Å²) in [5.41, 5.74) is 1.85. The summed E-state index contributed by atoms with van der Waals surface area (Å²) in [6.45, 7) is 9.91. The van der Waals surface area contributed by atoms with Gasteiger partial charge in [0.25, 0.3) is 5.91 Å². The number of benzene rings is 1. The summed E-state index contributed by atoms with van der Waals surface area (Å²) in [6.07, 6.45) is 0. The molecule has 1 rings (SSSR count). The molecule has 0 fully saturated rings. The molecule has 0 aromatic heterocycles. The quantitative estimate of drug-likeness (QED) is 0.822. The number of nitrogens with zero attached hydrogens (tertiary/aromatic N) is 1. The van der Waals surface area contributed by atoms with Gasteiger partial charge >= 0.3 is 0 Å². The Kier molecular flexibility index (Phi) is 5.70. The number of hydrogen-bond acceptors (Lipinski definition) is 2. The number of hydrogen-bond donors (Lipinski definition) is 1. The zero-order chi connectivity index (χ0) is 12.7. The summed E-state index contributed by atoms with van der Waals surface area (Å²) in [6, 6.07) is 7.66. The molecule has 3 nitrogen and oxygen atoms in total. The number of carbonyl (C=O) groups excluding carboxylic acids is 1. The molecular weight excluding hydrogens is 212 g/mol. The minimum absolute atomic E-state index is 0. The van der Waals surface area contributed by atoms with E-state index in [0.29, 0.717) is 6.54 Å². The lowest BCUT2D eigenvalue weighted by Gasteiger charge is -2.17. The smallest absolute Gasteiger partial charge is 0.251 e. The number of rotatable bonds is 6. The van der Waals surface area contributed by atoms with Crippen LogP contribution in [0.4, 0.5) is 0 Å². The van der Waals surface area contributed by atoms with Crippen LogP contribution in [0, 0.1) is 6.92 Å². The van der Waals surface area contributed by atoms with Gasteiger partial charge in [0, 0.05) is 20.1 Å². The largest absolute Gasteiger partial charge is 0.351 e. The van der Waals surface area contributed by atoms with E-state index in [4.69, 9.17) is 0 Å². The predicted octanol–water partition coefficient (Wildman–Crippen LogP) is 2.31. The van der Waals surface area contributed by atoms with Gasteiger partial charge in [0.15, 0.2) is 0 Å². The van der Waals surface area contributed by atoms with Crippen molar-refractivity contribution in [2.45, 2.75) is 20.8 Å². The molecular formula is C14H24N2O. The molecule has 0 spiro atoms. The van der Waals surface area contributed by atoms with Crippen molar-refractivity contribution < 1.29 is 6.22 Å². The molecule has 0 heterocycles. The molecule has 1 amide bonds. The Morgan fingerprint density at radius 3 is 2.65 bits per heavy atom. The first-order valence-corrected chi connectivity index (χ1v) is 6.24. The Morgan fingerprint density at radius 2 is 2.06 bits per heavy atom. The van der Waals surface area contributed by atoms with Crippen molar-refractivity contribution in [1.29, 1.82) is 0 Å². The van der Waals surface area contributed by atoms with Gasteiger partial charge in [-0.15, -0.1) is 0 Å². The van der Waals surface area contributed by atoms with Gasteiger partial charge in [-0.1, -0.05) is 31.5 Å². The average Bonchev–Trinajstić information content (AvgIpc) is 2.34. The SMILES string of the molecule is CCN(CC)CCNC(=O)c1cccc(C)c1.[HH]. The first-order chi connectivity index (χ1) is 8.17. The van der Waals surface area contributed by atoms with Gasteiger partial charge in [-0.25, -0.2) is 0 Å². The Balaban J connectivity index is 0.00000289. The zero-order valence-electron chi connectivity index (χ0n) is 11.0. The Hall–Kier alpha value is -1.35. The topological polar surface area (TPSA) is 32.3 Å². The molecule has 0 saturated heterocycles. The lowest BCUT2D eigenvalue weighted by atomic mass is 10.1. The number of likely N-dealkylation sites (N-methyl/N-ethyl adjacent to an activating group) is 1. The van der Waals surface area contributed by atoms with Crippen LogP contribution in [-0.2, 0) is 0 Å². The number of nitrogens with one attached hydrogen (secondary N) is 1. The van der Waals surface area contributed by atoms with Crippen LogP contribution >= 0.6 is 0 Å². The Labute approximate surface area is 105 Å². The summed E-state index contributed by atoms with van der Waals surface area (Å²) in [7, 11) is 0. The molecule has 0 aliphatic carbocycles. The third-order valence-corrected chi connectivity index (χ3v) is 2.89. The van der Waals surface area contributed by atoms with E-state index in [2.05, 4.69) is 24.1 Å². The number of carbonyl (C=O) groups is 1. The number of amides is 1. The van der Waals surface area contributed by atoms with E-state index < -0.39 is 0 Å². The fourth-order valence-electron chi connectivity index (χ4n) is 1.76. The highest BCUT2D eigenvalue weighted by Gasteiger charge is 2.05. The van der Waals surface area contributed by atoms with Crippen LogP contribution in [0.1, 0.15) is 31.2 Å². The molecule has 0 aliphatic rings. The molecule has 0 aliphatic heterocycles. The standard InChI is InChI=1S/C14H22N2O.H2/c1-4-16(5-2)10-9-15-14(17)13-8-6-7-12(3)11-13;/h6-8,11H,4-5,9-10H2,1-3H3,(H,15,17);1H. The summed E-state index contributed by atoms with van der Waals surface area (Å²) >= 11 is 0. The van der Waals surface area contributed by atoms with E-state index in [0.717, 1.165) is 30.8 Å². The lowest BCUT2D eigenvalue weighted by molar-refractivity contribution is 0.0949. The van der Waals surface area contributed by atoms with E-state index in [1.165, 1.54) is 0 Å². The van der Waals surface area contributed by atoms with Crippen molar-refractivity contribution in [3.63, 3.8) is 0 Å². The second kappa shape index (κ2) is 7.07. The van der Waals surface area contributed by atoms with E-state index in [9.17, 15) is 4.79 Å². The van der Waals surface area contributed by atoms with Gasteiger partial charge in [0.1, 0.15) is 0 Å². The fourth-order valence-corrected chi connectivity index (χ4v) is 1.76. The molecule has 0 radical (unpaired) electrons. The van der Waals surface area contributed by atoms with Crippen molar-refractivity contribution in [3.8, 4) is 0 Å². The molecule has 17 heavy (non-hydrogen) atoms. The van der Waals surface area contributed by atoms with Crippen LogP contribution in [0.15, 0.2) is 24.3 Å². The van der Waals surface area contributed by atoms with Crippen molar-refractivity contribution in [2.24, 2.45) is 0 Å². The van der Waals surface area contributed by atoms with Crippen LogP contribution < -0.4 is 5.32 Å². The van der Waals surface area contributed by atoms with Gasteiger partial charge in [-0.2, -0.15) is 0 Å². The normalized spacial score (nSPS) is 10.6.